The summed E-state index contributed by atoms with van der Waals surface area (Å²) >= 11 is 0. The molecular weight excluding hydrogens is 272 g/mol. The zero-order valence-electron chi connectivity index (χ0n) is 15.2. The molecule has 2 atom stereocenters. The zero-order chi connectivity index (χ0) is 16.8. The smallest absolute Gasteiger partial charge is 0.0659 e. The normalized spacial score (nSPS) is 16.9. The summed E-state index contributed by atoms with van der Waals surface area (Å²) in [6.45, 7) is 10.1. The Bertz CT molecular complexity index is 317. The summed E-state index contributed by atoms with van der Waals surface area (Å²) in [4.78, 5) is 0. The van der Waals surface area contributed by atoms with Crippen molar-refractivity contribution in [1.82, 2.24) is 5.32 Å². The molecule has 0 bridgehead atoms. The van der Waals surface area contributed by atoms with Crippen LogP contribution in [0.3, 0.4) is 0 Å². The topological polar surface area (TPSA) is 58.3 Å². The minimum absolute atomic E-state index is 0.420. The SMILES string of the molecule is CC=CC/C=C(/C)C(C)NCCCCC(O)(CCC)CCN. The second-order valence-electron chi connectivity index (χ2n) is 6.40. The van der Waals surface area contributed by atoms with Gasteiger partial charge in [-0.1, -0.05) is 37.1 Å². The Morgan fingerprint density at radius 1 is 1.27 bits per heavy atom. The second-order valence-corrected chi connectivity index (χ2v) is 6.40. The molecule has 0 saturated carbocycles. The first-order valence-corrected chi connectivity index (χ1v) is 8.92. The quantitative estimate of drug-likeness (QED) is 0.357. The largest absolute Gasteiger partial charge is 0.390 e. The molecule has 130 valence electrons. The Balaban J connectivity index is 3.93. The Morgan fingerprint density at radius 3 is 2.59 bits per heavy atom. The van der Waals surface area contributed by atoms with Crippen LogP contribution in [0, 0.1) is 0 Å². The van der Waals surface area contributed by atoms with Crippen LogP contribution in [0.15, 0.2) is 23.8 Å². The molecular formula is C19H38N2O. The molecule has 0 heterocycles. The van der Waals surface area contributed by atoms with Crippen LogP contribution in [0.4, 0.5) is 0 Å². The highest BCUT2D eigenvalue weighted by molar-refractivity contribution is 5.08. The highest BCUT2D eigenvalue weighted by atomic mass is 16.3. The Kier molecular flexibility index (Phi) is 12.5. The predicted octanol–water partition coefficient (Wildman–Crippen LogP) is 3.93. The molecule has 0 aromatic rings. The highest BCUT2D eigenvalue weighted by Gasteiger charge is 2.23. The van der Waals surface area contributed by atoms with Gasteiger partial charge in [-0.05, 0) is 72.4 Å². The molecule has 0 aliphatic heterocycles. The molecule has 0 amide bonds. The van der Waals surface area contributed by atoms with Gasteiger partial charge in [0.15, 0.2) is 0 Å². The van der Waals surface area contributed by atoms with Crippen molar-refractivity contribution in [1.29, 1.82) is 0 Å². The predicted molar refractivity (Wildman–Crippen MR) is 98.0 cm³/mol. The van der Waals surface area contributed by atoms with E-state index in [0.717, 1.165) is 51.5 Å². The van der Waals surface area contributed by atoms with E-state index in [1.54, 1.807) is 0 Å². The number of rotatable bonds is 13. The molecule has 0 fully saturated rings. The van der Waals surface area contributed by atoms with Gasteiger partial charge < -0.3 is 16.2 Å². The van der Waals surface area contributed by atoms with E-state index < -0.39 is 5.60 Å². The van der Waals surface area contributed by atoms with Crippen LogP contribution >= 0.6 is 0 Å². The maximum atomic E-state index is 10.5. The van der Waals surface area contributed by atoms with Gasteiger partial charge in [-0.2, -0.15) is 0 Å². The van der Waals surface area contributed by atoms with Crippen LogP contribution in [-0.2, 0) is 0 Å². The minimum atomic E-state index is -0.544. The van der Waals surface area contributed by atoms with Crippen molar-refractivity contribution >= 4 is 0 Å². The first-order valence-electron chi connectivity index (χ1n) is 8.92. The second kappa shape index (κ2) is 12.9. The fourth-order valence-electron chi connectivity index (χ4n) is 2.73. The van der Waals surface area contributed by atoms with E-state index in [-0.39, 0.29) is 0 Å². The Labute approximate surface area is 138 Å². The maximum absolute atomic E-state index is 10.5. The summed E-state index contributed by atoms with van der Waals surface area (Å²) in [7, 11) is 0. The number of allylic oxidation sites excluding steroid dienone is 3. The average molecular weight is 311 g/mol. The summed E-state index contributed by atoms with van der Waals surface area (Å²) < 4.78 is 0. The molecule has 0 spiro atoms. The summed E-state index contributed by atoms with van der Waals surface area (Å²) in [5.41, 5.74) is 6.46. The van der Waals surface area contributed by atoms with Gasteiger partial charge in [0.25, 0.3) is 0 Å². The van der Waals surface area contributed by atoms with Crippen molar-refractivity contribution in [2.75, 3.05) is 13.1 Å². The van der Waals surface area contributed by atoms with Gasteiger partial charge in [-0.3, -0.25) is 0 Å². The molecule has 0 aliphatic carbocycles. The van der Waals surface area contributed by atoms with E-state index >= 15 is 0 Å². The molecule has 0 aromatic carbocycles. The van der Waals surface area contributed by atoms with Crippen LogP contribution < -0.4 is 11.1 Å². The molecule has 0 rings (SSSR count). The lowest BCUT2D eigenvalue weighted by Crippen LogP contribution is -2.32. The number of hydrogen-bond acceptors (Lipinski definition) is 3. The van der Waals surface area contributed by atoms with Gasteiger partial charge in [0.1, 0.15) is 0 Å². The third-order valence-electron chi connectivity index (χ3n) is 4.34. The monoisotopic (exact) mass is 310 g/mol. The first-order chi connectivity index (χ1) is 10.5. The maximum Gasteiger partial charge on any atom is 0.0659 e. The summed E-state index contributed by atoms with van der Waals surface area (Å²) in [6.07, 6.45) is 13.2. The number of unbranched alkanes of at least 4 members (excludes halogenated alkanes) is 1. The van der Waals surface area contributed by atoms with E-state index in [1.165, 1.54) is 5.57 Å². The molecule has 0 aromatic heterocycles. The van der Waals surface area contributed by atoms with Crippen LogP contribution in [0.1, 0.15) is 72.6 Å². The molecule has 3 heteroatoms. The van der Waals surface area contributed by atoms with Crippen LogP contribution in [0.5, 0.6) is 0 Å². The first kappa shape index (κ1) is 21.4. The summed E-state index contributed by atoms with van der Waals surface area (Å²) in [5.74, 6) is 0. The lowest BCUT2D eigenvalue weighted by molar-refractivity contribution is 0.0137. The Hall–Kier alpha value is -0.640. The van der Waals surface area contributed by atoms with Gasteiger partial charge in [0.2, 0.25) is 0 Å². The number of hydrogen-bond donors (Lipinski definition) is 3. The molecule has 0 saturated heterocycles. The molecule has 2 unspecified atom stereocenters. The molecule has 0 aliphatic rings. The van der Waals surface area contributed by atoms with Gasteiger partial charge in [0, 0.05) is 6.04 Å². The van der Waals surface area contributed by atoms with Crippen molar-refractivity contribution in [2.45, 2.75) is 84.3 Å². The Morgan fingerprint density at radius 2 is 2.00 bits per heavy atom. The van der Waals surface area contributed by atoms with Gasteiger partial charge in [0.05, 0.1) is 5.60 Å². The van der Waals surface area contributed by atoms with Gasteiger partial charge >= 0.3 is 0 Å². The fraction of sp³-hybridized carbons (Fsp3) is 0.789. The minimum Gasteiger partial charge on any atom is -0.390 e. The summed E-state index contributed by atoms with van der Waals surface area (Å²) in [5, 5.41) is 14.1. The van der Waals surface area contributed by atoms with E-state index in [0.29, 0.717) is 12.6 Å². The van der Waals surface area contributed by atoms with Gasteiger partial charge in [-0.15, -0.1) is 0 Å². The van der Waals surface area contributed by atoms with Gasteiger partial charge in [-0.25, -0.2) is 0 Å². The zero-order valence-corrected chi connectivity index (χ0v) is 15.2. The van der Waals surface area contributed by atoms with Crippen molar-refractivity contribution < 1.29 is 5.11 Å². The lowest BCUT2D eigenvalue weighted by atomic mass is 9.88. The lowest BCUT2D eigenvalue weighted by Gasteiger charge is -2.27. The van der Waals surface area contributed by atoms with E-state index in [9.17, 15) is 5.11 Å². The van der Waals surface area contributed by atoms with Crippen molar-refractivity contribution in [2.24, 2.45) is 5.73 Å². The van der Waals surface area contributed by atoms with Crippen LogP contribution in [0.25, 0.3) is 0 Å². The van der Waals surface area contributed by atoms with Crippen LogP contribution in [-0.4, -0.2) is 29.8 Å². The van der Waals surface area contributed by atoms with Crippen molar-refractivity contribution in [3.63, 3.8) is 0 Å². The van der Waals surface area contributed by atoms with E-state index in [4.69, 9.17) is 5.73 Å². The molecule has 3 nitrogen and oxygen atoms in total. The van der Waals surface area contributed by atoms with E-state index in [1.807, 2.05) is 0 Å². The molecule has 22 heavy (non-hydrogen) atoms. The number of nitrogens with one attached hydrogen (secondary N) is 1. The number of nitrogens with two attached hydrogens (primary N) is 1. The molecule has 4 N–H and O–H groups in total. The van der Waals surface area contributed by atoms with E-state index in [2.05, 4.69) is 51.2 Å². The van der Waals surface area contributed by atoms with Crippen molar-refractivity contribution in [3.05, 3.63) is 23.8 Å². The average Bonchev–Trinajstić information content (AvgIpc) is 2.47. The summed E-state index contributed by atoms with van der Waals surface area (Å²) in [6, 6.07) is 0.420. The van der Waals surface area contributed by atoms with Crippen LogP contribution in [0.2, 0.25) is 0 Å². The standard InChI is InChI=1S/C19H38N2O/c1-5-7-8-11-17(3)18(4)21-16-10-9-13-19(22,12-6-2)14-15-20/h5,7,11,18,21-22H,6,8-10,12-16,20H2,1-4H3/b7-5?,17-11-. The number of aliphatic hydroxyl groups is 1. The highest BCUT2D eigenvalue weighted by Crippen LogP contribution is 2.23. The van der Waals surface area contributed by atoms with Crippen molar-refractivity contribution in [3.8, 4) is 0 Å². The molecule has 0 radical (unpaired) electrons. The third-order valence-corrected chi connectivity index (χ3v) is 4.34. The third kappa shape index (κ3) is 10.1. The fourth-order valence-corrected chi connectivity index (χ4v) is 2.73.